The molecule has 0 aliphatic carbocycles. The van der Waals surface area contributed by atoms with Crippen molar-refractivity contribution in [3.8, 4) is 5.75 Å². The summed E-state index contributed by atoms with van der Waals surface area (Å²) in [6.07, 6.45) is 1.48. The molecule has 0 aromatic heterocycles. The number of carbonyl (C=O) groups is 1. The summed E-state index contributed by atoms with van der Waals surface area (Å²) in [6, 6.07) is 18.7. The number of fused-ring (bicyclic) bond motifs is 1. The topological polar surface area (TPSA) is 66.9 Å². The van der Waals surface area contributed by atoms with Crippen molar-refractivity contribution < 1.29 is 22.3 Å². The van der Waals surface area contributed by atoms with E-state index in [-0.39, 0.29) is 17.3 Å². The number of sulfonamides is 1. The Kier molecular flexibility index (Phi) is 7.25. The molecular formula is C25H27FN2O4S. The van der Waals surface area contributed by atoms with Gasteiger partial charge >= 0.3 is 0 Å². The van der Waals surface area contributed by atoms with Crippen molar-refractivity contribution in [3.63, 3.8) is 0 Å². The number of ether oxygens (including phenoxy) is 1. The fourth-order valence-corrected chi connectivity index (χ4v) is 5.49. The van der Waals surface area contributed by atoms with E-state index in [4.69, 9.17) is 4.74 Å². The second-order valence-electron chi connectivity index (χ2n) is 8.02. The molecule has 0 bridgehead atoms. The lowest BCUT2D eigenvalue weighted by molar-refractivity contribution is -0.131. The zero-order chi connectivity index (χ0) is 23.3. The van der Waals surface area contributed by atoms with Gasteiger partial charge in [0.1, 0.15) is 11.6 Å². The van der Waals surface area contributed by atoms with E-state index < -0.39 is 15.8 Å². The first-order valence-corrected chi connectivity index (χ1v) is 12.5. The van der Waals surface area contributed by atoms with Crippen LogP contribution in [-0.2, 0) is 14.8 Å². The fourth-order valence-electron chi connectivity index (χ4n) is 4.02. The van der Waals surface area contributed by atoms with E-state index in [9.17, 15) is 17.6 Å². The van der Waals surface area contributed by atoms with Crippen LogP contribution in [0.25, 0.3) is 10.8 Å². The Bertz CT molecular complexity index is 1210. The number of carbonyl (C=O) groups excluding carboxylic acids is 1. The quantitative estimate of drug-likeness (QED) is 0.489. The van der Waals surface area contributed by atoms with E-state index in [1.807, 2.05) is 42.5 Å². The van der Waals surface area contributed by atoms with Crippen molar-refractivity contribution in [1.82, 2.24) is 9.21 Å². The molecule has 0 spiro atoms. The third kappa shape index (κ3) is 5.51. The second kappa shape index (κ2) is 10.3. The third-order valence-electron chi connectivity index (χ3n) is 5.80. The standard InChI is InChI=1S/C25H27FN2O4S/c26-21-11-13-22(14-12-21)33(30,31)28-16-5-15-27(17-18-28)25(29)10-4-19-32-24-9-3-7-20-6-1-2-8-23(20)24/h1-3,6-9,11-14H,4-5,10,15-19H2. The molecule has 4 rings (SSSR count). The van der Waals surface area contributed by atoms with Crippen LogP contribution in [0.15, 0.2) is 71.6 Å². The van der Waals surface area contributed by atoms with Gasteiger partial charge in [-0.3, -0.25) is 4.79 Å². The highest BCUT2D eigenvalue weighted by molar-refractivity contribution is 7.89. The average Bonchev–Trinajstić information content (AvgIpc) is 3.09. The third-order valence-corrected chi connectivity index (χ3v) is 7.71. The molecule has 3 aromatic rings. The van der Waals surface area contributed by atoms with Gasteiger partial charge in [-0.15, -0.1) is 0 Å². The van der Waals surface area contributed by atoms with Gasteiger partial charge in [0.2, 0.25) is 15.9 Å². The molecule has 0 atom stereocenters. The van der Waals surface area contributed by atoms with Crippen LogP contribution in [0.1, 0.15) is 19.3 Å². The molecule has 8 heteroatoms. The SMILES string of the molecule is O=C(CCCOc1cccc2ccccc12)N1CCCN(S(=O)(=O)c2ccc(F)cc2)CC1. The fraction of sp³-hybridized carbons (Fsp3) is 0.320. The van der Waals surface area contributed by atoms with Gasteiger partial charge in [0, 0.05) is 38.0 Å². The van der Waals surface area contributed by atoms with Crippen LogP contribution in [0.3, 0.4) is 0 Å². The largest absolute Gasteiger partial charge is 0.493 e. The Balaban J connectivity index is 1.28. The highest BCUT2D eigenvalue weighted by Gasteiger charge is 2.28. The number of halogens is 1. The van der Waals surface area contributed by atoms with E-state index in [1.54, 1.807) is 4.90 Å². The molecule has 33 heavy (non-hydrogen) atoms. The van der Waals surface area contributed by atoms with Crippen LogP contribution < -0.4 is 4.74 Å². The molecule has 0 unspecified atom stereocenters. The van der Waals surface area contributed by atoms with E-state index >= 15 is 0 Å². The predicted molar refractivity (Wildman–Crippen MR) is 125 cm³/mol. The second-order valence-corrected chi connectivity index (χ2v) is 9.96. The molecule has 1 saturated heterocycles. The first kappa shape index (κ1) is 23.2. The smallest absolute Gasteiger partial charge is 0.243 e. The normalized spacial score (nSPS) is 15.4. The van der Waals surface area contributed by atoms with Crippen LogP contribution in [-0.4, -0.2) is 56.3 Å². The number of hydrogen-bond donors (Lipinski definition) is 0. The molecule has 1 aliphatic rings. The summed E-state index contributed by atoms with van der Waals surface area (Å²) in [5.74, 6) is 0.320. The van der Waals surface area contributed by atoms with Gasteiger partial charge < -0.3 is 9.64 Å². The Morgan fingerprint density at radius 2 is 1.67 bits per heavy atom. The minimum Gasteiger partial charge on any atom is -0.493 e. The van der Waals surface area contributed by atoms with Crippen molar-refractivity contribution in [2.24, 2.45) is 0 Å². The molecule has 3 aromatic carbocycles. The van der Waals surface area contributed by atoms with Gasteiger partial charge in [-0.25, -0.2) is 12.8 Å². The van der Waals surface area contributed by atoms with Crippen molar-refractivity contribution in [1.29, 1.82) is 0 Å². The number of nitrogens with zero attached hydrogens (tertiary/aromatic N) is 2. The number of amides is 1. The van der Waals surface area contributed by atoms with Gasteiger partial charge in [0.05, 0.1) is 11.5 Å². The van der Waals surface area contributed by atoms with Gasteiger partial charge in [-0.2, -0.15) is 4.31 Å². The molecule has 1 heterocycles. The number of benzene rings is 3. The van der Waals surface area contributed by atoms with Crippen LogP contribution in [0.2, 0.25) is 0 Å². The van der Waals surface area contributed by atoms with Gasteiger partial charge in [0.25, 0.3) is 0 Å². The van der Waals surface area contributed by atoms with Crippen LogP contribution >= 0.6 is 0 Å². The Morgan fingerprint density at radius 1 is 0.909 bits per heavy atom. The Hall–Kier alpha value is -2.97. The molecule has 1 amide bonds. The first-order valence-electron chi connectivity index (χ1n) is 11.1. The van der Waals surface area contributed by atoms with Crippen LogP contribution in [0, 0.1) is 5.82 Å². The average molecular weight is 471 g/mol. The van der Waals surface area contributed by atoms with Gasteiger partial charge in [-0.05, 0) is 48.6 Å². The Morgan fingerprint density at radius 3 is 2.48 bits per heavy atom. The maximum Gasteiger partial charge on any atom is 0.243 e. The van der Waals surface area contributed by atoms with Crippen molar-refractivity contribution in [3.05, 3.63) is 72.5 Å². The van der Waals surface area contributed by atoms with E-state index in [2.05, 4.69) is 0 Å². The summed E-state index contributed by atoms with van der Waals surface area (Å²) >= 11 is 0. The lowest BCUT2D eigenvalue weighted by atomic mass is 10.1. The maximum atomic E-state index is 13.2. The zero-order valence-corrected chi connectivity index (χ0v) is 19.1. The highest BCUT2D eigenvalue weighted by atomic mass is 32.2. The van der Waals surface area contributed by atoms with Crippen molar-refractivity contribution in [2.75, 3.05) is 32.8 Å². The van der Waals surface area contributed by atoms with Gasteiger partial charge in [-0.1, -0.05) is 36.4 Å². The van der Waals surface area contributed by atoms with Crippen molar-refractivity contribution in [2.45, 2.75) is 24.2 Å². The predicted octanol–water partition coefficient (Wildman–Crippen LogP) is 4.06. The molecule has 1 fully saturated rings. The summed E-state index contributed by atoms with van der Waals surface area (Å²) in [5.41, 5.74) is 0. The van der Waals surface area contributed by atoms with Crippen molar-refractivity contribution >= 4 is 26.7 Å². The summed E-state index contributed by atoms with van der Waals surface area (Å²) in [7, 11) is -3.71. The number of hydrogen-bond acceptors (Lipinski definition) is 4. The maximum absolute atomic E-state index is 13.2. The summed E-state index contributed by atoms with van der Waals surface area (Å²) in [4.78, 5) is 14.5. The Labute approximate surface area is 193 Å². The lowest BCUT2D eigenvalue weighted by Crippen LogP contribution is -2.37. The minimum atomic E-state index is -3.71. The minimum absolute atomic E-state index is 0.00227. The first-order chi connectivity index (χ1) is 15.9. The summed E-state index contributed by atoms with van der Waals surface area (Å²) in [6.45, 7) is 1.83. The van der Waals surface area contributed by atoms with Crippen LogP contribution in [0.4, 0.5) is 4.39 Å². The molecule has 174 valence electrons. The monoisotopic (exact) mass is 470 g/mol. The number of rotatable bonds is 7. The van der Waals surface area contributed by atoms with E-state index in [0.29, 0.717) is 45.5 Å². The summed E-state index contributed by atoms with van der Waals surface area (Å²) < 4.78 is 46.1. The highest BCUT2D eigenvalue weighted by Crippen LogP contribution is 2.25. The summed E-state index contributed by atoms with van der Waals surface area (Å²) in [5, 5.41) is 2.15. The van der Waals surface area contributed by atoms with Gasteiger partial charge in [0.15, 0.2) is 0 Å². The zero-order valence-electron chi connectivity index (χ0n) is 18.3. The molecular weight excluding hydrogens is 443 g/mol. The molecule has 0 N–H and O–H groups in total. The molecule has 0 saturated carbocycles. The lowest BCUT2D eigenvalue weighted by Gasteiger charge is -2.22. The van der Waals surface area contributed by atoms with E-state index in [1.165, 1.54) is 16.4 Å². The molecule has 1 aliphatic heterocycles. The van der Waals surface area contributed by atoms with E-state index in [0.717, 1.165) is 28.7 Å². The molecule has 6 nitrogen and oxygen atoms in total. The molecule has 0 radical (unpaired) electrons. The van der Waals surface area contributed by atoms with Crippen LogP contribution in [0.5, 0.6) is 5.75 Å².